The van der Waals surface area contributed by atoms with Gasteiger partial charge in [-0.25, -0.2) is 4.79 Å². The van der Waals surface area contributed by atoms with Gasteiger partial charge >= 0.3 is 6.03 Å². The second kappa shape index (κ2) is 8.57. The lowest BCUT2D eigenvalue weighted by molar-refractivity contribution is -0.130. The van der Waals surface area contributed by atoms with E-state index in [1.165, 1.54) is 11.3 Å². The maximum Gasteiger partial charge on any atom is 0.319 e. The van der Waals surface area contributed by atoms with Crippen LogP contribution in [0.3, 0.4) is 0 Å². The summed E-state index contributed by atoms with van der Waals surface area (Å²) < 4.78 is 5.60. The molecule has 1 fully saturated rings. The van der Waals surface area contributed by atoms with Gasteiger partial charge in [0.2, 0.25) is 0 Å². The Hall–Kier alpha value is -2.24. The molecule has 1 aromatic rings. The highest BCUT2D eigenvalue weighted by Crippen LogP contribution is 2.26. The third kappa shape index (κ3) is 5.44. The molecule has 0 aromatic heterocycles. The maximum atomic E-state index is 12.2. The minimum absolute atomic E-state index is 0.0601. The van der Waals surface area contributed by atoms with Crippen molar-refractivity contribution < 1.29 is 14.3 Å². The number of amides is 3. The number of likely N-dealkylation sites (N-methyl/N-ethyl adjacent to an activating group) is 1. The van der Waals surface area contributed by atoms with Crippen molar-refractivity contribution in [2.24, 2.45) is 0 Å². The van der Waals surface area contributed by atoms with Gasteiger partial charge in [0.1, 0.15) is 5.75 Å². The summed E-state index contributed by atoms with van der Waals surface area (Å²) in [5, 5.41) is 5.85. The van der Waals surface area contributed by atoms with Crippen LogP contribution in [0.15, 0.2) is 18.2 Å². The molecule has 1 aromatic carbocycles. The SMILES string of the molecule is Cc1ccc(NC(=O)NC2CCCCC2)c(OCC(=O)N(C)C)c1. The highest BCUT2D eigenvalue weighted by atomic mass is 16.5. The first kappa shape index (κ1) is 18.1. The fourth-order valence-corrected chi connectivity index (χ4v) is 2.71. The number of anilines is 1. The lowest BCUT2D eigenvalue weighted by Gasteiger charge is -2.23. The summed E-state index contributed by atoms with van der Waals surface area (Å²) in [6, 6.07) is 5.53. The van der Waals surface area contributed by atoms with Crippen molar-refractivity contribution in [2.75, 3.05) is 26.0 Å². The average Bonchev–Trinajstić information content (AvgIpc) is 2.55. The minimum atomic E-state index is -0.227. The molecule has 0 unspecified atom stereocenters. The van der Waals surface area contributed by atoms with Gasteiger partial charge in [-0.1, -0.05) is 25.3 Å². The summed E-state index contributed by atoms with van der Waals surface area (Å²) in [7, 11) is 3.36. The third-order valence-electron chi connectivity index (χ3n) is 4.18. The molecule has 3 amide bonds. The molecule has 0 saturated heterocycles. The maximum absolute atomic E-state index is 12.2. The van der Waals surface area contributed by atoms with Crippen molar-refractivity contribution >= 4 is 17.6 Å². The van der Waals surface area contributed by atoms with Crippen molar-refractivity contribution in [3.63, 3.8) is 0 Å². The quantitative estimate of drug-likeness (QED) is 0.870. The number of aryl methyl sites for hydroxylation is 1. The summed E-state index contributed by atoms with van der Waals surface area (Å²) in [5.41, 5.74) is 1.57. The Morgan fingerprint density at radius 2 is 1.92 bits per heavy atom. The first-order chi connectivity index (χ1) is 11.5. The Labute approximate surface area is 143 Å². The number of hydrogen-bond acceptors (Lipinski definition) is 3. The number of nitrogens with one attached hydrogen (secondary N) is 2. The molecule has 6 heteroatoms. The highest BCUT2D eigenvalue weighted by Gasteiger charge is 2.17. The average molecular weight is 333 g/mol. The summed E-state index contributed by atoms with van der Waals surface area (Å²) in [6.07, 6.45) is 5.63. The van der Waals surface area contributed by atoms with E-state index in [2.05, 4.69) is 10.6 Å². The van der Waals surface area contributed by atoms with Gasteiger partial charge in [0, 0.05) is 20.1 Å². The van der Waals surface area contributed by atoms with Gasteiger partial charge in [-0.2, -0.15) is 0 Å². The Bertz CT molecular complexity index is 581. The Balaban J connectivity index is 1.97. The summed E-state index contributed by atoms with van der Waals surface area (Å²) in [6.45, 7) is 1.88. The van der Waals surface area contributed by atoms with Gasteiger partial charge in [-0.3, -0.25) is 4.79 Å². The molecule has 2 rings (SSSR count). The third-order valence-corrected chi connectivity index (χ3v) is 4.18. The van der Waals surface area contributed by atoms with Crippen LogP contribution in [0.4, 0.5) is 10.5 Å². The molecule has 132 valence electrons. The molecule has 0 bridgehead atoms. The van der Waals surface area contributed by atoms with Crippen LogP contribution in [0.25, 0.3) is 0 Å². The Morgan fingerprint density at radius 1 is 1.21 bits per heavy atom. The Kier molecular flexibility index (Phi) is 6.46. The van der Waals surface area contributed by atoms with Gasteiger partial charge in [0.15, 0.2) is 6.61 Å². The molecule has 2 N–H and O–H groups in total. The zero-order valence-electron chi connectivity index (χ0n) is 14.7. The molecular formula is C18H27N3O3. The summed E-state index contributed by atoms with van der Waals surface area (Å²) in [5.74, 6) is 0.373. The molecule has 6 nitrogen and oxygen atoms in total. The number of carbonyl (C=O) groups excluding carboxylic acids is 2. The lowest BCUT2D eigenvalue weighted by Crippen LogP contribution is -2.39. The van der Waals surface area contributed by atoms with Crippen molar-refractivity contribution in [3.05, 3.63) is 23.8 Å². The van der Waals surface area contributed by atoms with Crippen LogP contribution >= 0.6 is 0 Å². The minimum Gasteiger partial charge on any atom is -0.482 e. The van der Waals surface area contributed by atoms with Crippen molar-refractivity contribution in [1.82, 2.24) is 10.2 Å². The van der Waals surface area contributed by atoms with Crippen LogP contribution in [0.1, 0.15) is 37.7 Å². The zero-order chi connectivity index (χ0) is 17.5. The van der Waals surface area contributed by atoms with Crippen LogP contribution in [0, 0.1) is 6.92 Å². The number of urea groups is 1. The van der Waals surface area contributed by atoms with Gasteiger partial charge in [0.05, 0.1) is 5.69 Å². The van der Waals surface area contributed by atoms with Gasteiger partial charge in [-0.15, -0.1) is 0 Å². The normalized spacial score (nSPS) is 14.8. The van der Waals surface area contributed by atoms with Crippen LogP contribution in [-0.2, 0) is 4.79 Å². The van der Waals surface area contributed by atoms with E-state index in [-0.39, 0.29) is 24.6 Å². The predicted molar refractivity (Wildman–Crippen MR) is 94.4 cm³/mol. The summed E-state index contributed by atoms with van der Waals surface area (Å²) in [4.78, 5) is 25.4. The van der Waals surface area contributed by atoms with E-state index in [0.29, 0.717) is 11.4 Å². The highest BCUT2D eigenvalue weighted by molar-refractivity contribution is 5.91. The number of ether oxygens (including phenoxy) is 1. The number of carbonyl (C=O) groups is 2. The molecule has 0 radical (unpaired) electrons. The smallest absolute Gasteiger partial charge is 0.319 e. The largest absolute Gasteiger partial charge is 0.482 e. The van der Waals surface area contributed by atoms with E-state index in [1.54, 1.807) is 20.2 Å². The second-order valence-corrected chi connectivity index (χ2v) is 6.51. The molecule has 0 spiro atoms. The number of rotatable bonds is 5. The summed E-state index contributed by atoms with van der Waals surface area (Å²) >= 11 is 0. The molecule has 0 heterocycles. The predicted octanol–water partition coefficient (Wildman–Crippen LogP) is 2.92. The monoisotopic (exact) mass is 333 g/mol. The van der Waals surface area contributed by atoms with Gasteiger partial charge in [-0.05, 0) is 37.5 Å². The molecule has 24 heavy (non-hydrogen) atoms. The van der Waals surface area contributed by atoms with Gasteiger partial charge < -0.3 is 20.3 Å². The van der Waals surface area contributed by atoms with E-state index >= 15 is 0 Å². The van der Waals surface area contributed by atoms with Crippen LogP contribution in [0.2, 0.25) is 0 Å². The topological polar surface area (TPSA) is 70.7 Å². The fraction of sp³-hybridized carbons (Fsp3) is 0.556. The Morgan fingerprint density at radius 3 is 2.58 bits per heavy atom. The van der Waals surface area contributed by atoms with E-state index < -0.39 is 0 Å². The van der Waals surface area contributed by atoms with E-state index in [0.717, 1.165) is 31.2 Å². The van der Waals surface area contributed by atoms with Crippen molar-refractivity contribution in [2.45, 2.75) is 45.1 Å². The standard InChI is InChI=1S/C18H27N3O3/c1-13-9-10-15(16(11-13)24-12-17(22)21(2)3)20-18(23)19-14-7-5-4-6-8-14/h9-11,14H,4-8,12H2,1-3H3,(H2,19,20,23). The first-order valence-electron chi connectivity index (χ1n) is 8.47. The fourth-order valence-electron chi connectivity index (χ4n) is 2.71. The first-order valence-corrected chi connectivity index (χ1v) is 8.47. The van der Waals surface area contributed by atoms with E-state index in [9.17, 15) is 9.59 Å². The zero-order valence-corrected chi connectivity index (χ0v) is 14.7. The van der Waals surface area contributed by atoms with Crippen molar-refractivity contribution in [1.29, 1.82) is 0 Å². The van der Waals surface area contributed by atoms with Gasteiger partial charge in [0.25, 0.3) is 5.91 Å². The number of nitrogens with zero attached hydrogens (tertiary/aromatic N) is 1. The van der Waals surface area contributed by atoms with E-state index in [1.807, 2.05) is 19.1 Å². The molecule has 0 aliphatic heterocycles. The van der Waals surface area contributed by atoms with Crippen LogP contribution in [0.5, 0.6) is 5.75 Å². The number of benzene rings is 1. The van der Waals surface area contributed by atoms with E-state index in [4.69, 9.17) is 4.74 Å². The molecule has 1 saturated carbocycles. The second-order valence-electron chi connectivity index (χ2n) is 6.51. The lowest BCUT2D eigenvalue weighted by atomic mass is 9.96. The number of hydrogen-bond donors (Lipinski definition) is 2. The van der Waals surface area contributed by atoms with Crippen molar-refractivity contribution in [3.8, 4) is 5.75 Å². The van der Waals surface area contributed by atoms with Crippen LogP contribution < -0.4 is 15.4 Å². The molecular weight excluding hydrogens is 306 g/mol. The molecule has 1 aliphatic rings. The molecule has 0 atom stereocenters. The van der Waals surface area contributed by atoms with Crippen LogP contribution in [-0.4, -0.2) is 43.6 Å². The molecule has 1 aliphatic carbocycles.